The average Bonchev–Trinajstić information content (AvgIpc) is 3.55. The van der Waals surface area contributed by atoms with Crippen molar-refractivity contribution in [1.82, 2.24) is 19.8 Å². The van der Waals surface area contributed by atoms with E-state index in [0.29, 0.717) is 22.7 Å². The van der Waals surface area contributed by atoms with Gasteiger partial charge in [-0.3, -0.25) is 14.5 Å². The number of carbonyl (C=O) groups is 2. The average molecular weight is 508 g/mol. The molecular weight excluding hydrogens is 470 g/mol. The minimum atomic E-state index is -0.433. The molecule has 0 bridgehead atoms. The van der Waals surface area contributed by atoms with Gasteiger partial charge in [-0.05, 0) is 96.9 Å². The molecule has 2 atom stereocenters. The number of thioether (sulfide) groups is 1. The lowest BCUT2D eigenvalue weighted by atomic mass is 9.89. The van der Waals surface area contributed by atoms with Crippen LogP contribution in [0.5, 0.6) is 0 Å². The molecular formula is C28H37N5O2S. The van der Waals surface area contributed by atoms with Crippen molar-refractivity contribution in [2.45, 2.75) is 65.0 Å². The van der Waals surface area contributed by atoms with E-state index in [1.54, 1.807) is 6.20 Å². The molecule has 0 radical (unpaired) electrons. The number of fused-ring (bicyclic) bond motifs is 1. The molecule has 2 fully saturated rings. The summed E-state index contributed by atoms with van der Waals surface area (Å²) in [5, 5.41) is 3.91. The lowest BCUT2D eigenvalue weighted by molar-refractivity contribution is -0.120. The Balaban J connectivity index is 1.36. The van der Waals surface area contributed by atoms with Crippen LogP contribution < -0.4 is 5.32 Å². The predicted octanol–water partition coefficient (Wildman–Crippen LogP) is 4.76. The van der Waals surface area contributed by atoms with Gasteiger partial charge in [0, 0.05) is 46.0 Å². The number of aliphatic imine (C=N–C) groups is 1. The van der Waals surface area contributed by atoms with E-state index >= 15 is 0 Å². The van der Waals surface area contributed by atoms with Gasteiger partial charge in [0.15, 0.2) is 0 Å². The smallest absolute Gasteiger partial charge is 0.255 e. The topological polar surface area (TPSA) is 79.6 Å². The maximum atomic E-state index is 13.5. The van der Waals surface area contributed by atoms with Crippen LogP contribution in [0.25, 0.3) is 11.0 Å². The summed E-state index contributed by atoms with van der Waals surface area (Å²) in [6.45, 7) is 11.0. The van der Waals surface area contributed by atoms with Crippen molar-refractivity contribution in [3.05, 3.63) is 40.6 Å². The van der Waals surface area contributed by atoms with Gasteiger partial charge in [0.25, 0.3) is 11.8 Å². The largest absolute Gasteiger partial charge is 0.351 e. The van der Waals surface area contributed by atoms with E-state index in [1.807, 2.05) is 38.3 Å². The van der Waals surface area contributed by atoms with Crippen molar-refractivity contribution in [1.29, 1.82) is 0 Å². The highest BCUT2D eigenvalue weighted by Crippen LogP contribution is 2.44. The van der Waals surface area contributed by atoms with Gasteiger partial charge >= 0.3 is 0 Å². The van der Waals surface area contributed by atoms with E-state index in [4.69, 9.17) is 4.98 Å². The molecule has 2 aromatic heterocycles. The number of pyridine rings is 1. The number of carbonyl (C=O) groups excluding carboxylic acids is 2. The van der Waals surface area contributed by atoms with Gasteiger partial charge in [-0.2, -0.15) is 0 Å². The van der Waals surface area contributed by atoms with Gasteiger partial charge < -0.3 is 9.88 Å². The number of amides is 2. The van der Waals surface area contributed by atoms with Crippen molar-refractivity contribution in [2.24, 2.45) is 16.8 Å². The molecule has 5 rings (SSSR count). The fourth-order valence-electron chi connectivity index (χ4n) is 6.06. The van der Waals surface area contributed by atoms with E-state index in [1.165, 1.54) is 24.6 Å². The number of aromatic nitrogens is 2. The standard InChI is InChI=1S/C28H37N5O2S/c1-17-15-23(36-5)22(26(34)31-17)16-30-27(35)24-19(3)33(25-21(24)7-6-12-29-25)18(2)20-8-13-32(14-9-20)28(4)10-11-28/h6-7,12,15,18,20,22H,8-11,13-14,16H2,1-5H3,(H,30,35)/t18-,22?/m1/s1. The van der Waals surface area contributed by atoms with E-state index in [9.17, 15) is 9.59 Å². The molecule has 2 aromatic rings. The zero-order valence-corrected chi connectivity index (χ0v) is 22.8. The Morgan fingerprint density at radius 2 is 2.00 bits per heavy atom. The molecule has 1 unspecified atom stereocenters. The molecule has 7 nitrogen and oxygen atoms in total. The third-order valence-electron chi connectivity index (χ3n) is 8.58. The Bertz CT molecular complexity index is 1250. The zero-order chi connectivity index (χ0) is 25.6. The van der Waals surface area contributed by atoms with Crippen LogP contribution in [0.15, 0.2) is 34.3 Å². The van der Waals surface area contributed by atoms with Gasteiger partial charge in [0.1, 0.15) is 5.65 Å². The number of likely N-dealkylation sites (tertiary alicyclic amines) is 1. The summed E-state index contributed by atoms with van der Waals surface area (Å²) in [4.78, 5) is 38.5. The van der Waals surface area contributed by atoms with Crippen LogP contribution in [-0.4, -0.2) is 63.4 Å². The normalized spacial score (nSPS) is 23.4. The molecule has 8 heteroatoms. The molecule has 1 saturated carbocycles. The second kappa shape index (κ2) is 9.78. The van der Waals surface area contributed by atoms with Gasteiger partial charge in [-0.1, -0.05) is 0 Å². The van der Waals surface area contributed by atoms with Crippen molar-refractivity contribution in [3.8, 4) is 0 Å². The molecule has 0 aromatic carbocycles. The Morgan fingerprint density at radius 3 is 2.67 bits per heavy atom. The first-order chi connectivity index (χ1) is 17.2. The lowest BCUT2D eigenvalue weighted by Crippen LogP contribution is -2.42. The molecule has 1 saturated heterocycles. The first kappa shape index (κ1) is 25.2. The van der Waals surface area contributed by atoms with E-state index in [2.05, 4.69) is 33.6 Å². The van der Waals surface area contributed by atoms with E-state index < -0.39 is 5.92 Å². The number of piperidine rings is 1. The molecule has 1 N–H and O–H groups in total. The third kappa shape index (κ3) is 4.54. The molecule has 3 aliphatic rings. The van der Waals surface area contributed by atoms with Gasteiger partial charge in [-0.15, -0.1) is 11.8 Å². The van der Waals surface area contributed by atoms with Crippen LogP contribution in [0, 0.1) is 18.8 Å². The zero-order valence-electron chi connectivity index (χ0n) is 22.0. The number of nitrogens with one attached hydrogen (secondary N) is 1. The summed E-state index contributed by atoms with van der Waals surface area (Å²) in [6.07, 6.45) is 10.7. The molecule has 0 spiro atoms. The lowest BCUT2D eigenvalue weighted by Gasteiger charge is -2.39. The van der Waals surface area contributed by atoms with Crippen LogP contribution in [-0.2, 0) is 4.79 Å². The first-order valence-corrected chi connectivity index (χ1v) is 14.3. The summed E-state index contributed by atoms with van der Waals surface area (Å²) in [6, 6.07) is 4.12. The Kier molecular flexibility index (Phi) is 6.85. The number of allylic oxidation sites excluding steroid dienone is 1. The SMILES string of the molecule is CSC1=CC(C)=NC(=O)C1CNC(=O)c1c(C)n([C@H](C)C2CCN(C3(C)CC3)CC2)c2ncccc12. The van der Waals surface area contributed by atoms with Crippen LogP contribution in [0.3, 0.4) is 0 Å². The highest BCUT2D eigenvalue weighted by atomic mass is 32.2. The quantitative estimate of drug-likeness (QED) is 0.584. The number of dihydropyridines is 1. The summed E-state index contributed by atoms with van der Waals surface area (Å²) in [7, 11) is 0. The van der Waals surface area contributed by atoms with Crippen molar-refractivity contribution in [2.75, 3.05) is 25.9 Å². The Labute approximate surface area is 217 Å². The number of nitrogens with zero attached hydrogens (tertiary/aromatic N) is 4. The summed E-state index contributed by atoms with van der Waals surface area (Å²) in [5.74, 6) is -0.240. The highest BCUT2D eigenvalue weighted by Gasteiger charge is 2.44. The summed E-state index contributed by atoms with van der Waals surface area (Å²) in [5.41, 5.74) is 3.61. The predicted molar refractivity (Wildman–Crippen MR) is 147 cm³/mol. The fraction of sp³-hybridized carbons (Fsp3) is 0.571. The highest BCUT2D eigenvalue weighted by molar-refractivity contribution is 8.02. The molecule has 36 heavy (non-hydrogen) atoms. The van der Waals surface area contributed by atoms with Crippen LogP contribution in [0.1, 0.15) is 68.5 Å². The second-order valence-electron chi connectivity index (χ2n) is 10.9. The maximum absolute atomic E-state index is 13.5. The third-order valence-corrected chi connectivity index (χ3v) is 9.46. The van der Waals surface area contributed by atoms with Crippen LogP contribution >= 0.6 is 11.8 Å². The minimum Gasteiger partial charge on any atom is -0.351 e. The number of hydrogen-bond acceptors (Lipinski definition) is 5. The van der Waals surface area contributed by atoms with Gasteiger partial charge in [0.05, 0.1) is 11.5 Å². The monoisotopic (exact) mass is 507 g/mol. The first-order valence-electron chi connectivity index (χ1n) is 13.1. The molecule has 2 aliphatic heterocycles. The number of rotatable bonds is 7. The van der Waals surface area contributed by atoms with E-state index in [-0.39, 0.29) is 24.4 Å². The molecule has 4 heterocycles. The Hall–Kier alpha value is -2.45. The second-order valence-corrected chi connectivity index (χ2v) is 11.8. The Morgan fingerprint density at radius 1 is 1.28 bits per heavy atom. The molecule has 192 valence electrons. The van der Waals surface area contributed by atoms with Crippen LogP contribution in [0.2, 0.25) is 0 Å². The molecule has 2 amide bonds. The summed E-state index contributed by atoms with van der Waals surface area (Å²) >= 11 is 1.53. The molecule has 1 aliphatic carbocycles. The maximum Gasteiger partial charge on any atom is 0.255 e. The van der Waals surface area contributed by atoms with Crippen molar-refractivity contribution < 1.29 is 9.59 Å². The number of hydrogen-bond donors (Lipinski definition) is 1. The van der Waals surface area contributed by atoms with E-state index in [0.717, 1.165) is 47.6 Å². The van der Waals surface area contributed by atoms with Crippen LogP contribution in [0.4, 0.5) is 0 Å². The summed E-state index contributed by atoms with van der Waals surface area (Å²) < 4.78 is 2.27. The van der Waals surface area contributed by atoms with Crippen molar-refractivity contribution >= 4 is 40.3 Å². The van der Waals surface area contributed by atoms with Crippen molar-refractivity contribution in [3.63, 3.8) is 0 Å². The van der Waals surface area contributed by atoms with Gasteiger partial charge in [0.2, 0.25) is 0 Å². The van der Waals surface area contributed by atoms with Gasteiger partial charge in [-0.25, -0.2) is 9.98 Å². The fourth-order valence-corrected chi connectivity index (χ4v) is 6.81. The minimum absolute atomic E-state index is 0.160.